The molecule has 0 bridgehead atoms. The van der Waals surface area contributed by atoms with Gasteiger partial charge in [-0.05, 0) is 38.7 Å². The van der Waals surface area contributed by atoms with Crippen molar-refractivity contribution in [3.8, 4) is 0 Å². The van der Waals surface area contributed by atoms with Crippen molar-refractivity contribution in [2.45, 2.75) is 44.7 Å². The number of carbonyl (C=O) groups excluding carboxylic acids is 1. The fourth-order valence-electron chi connectivity index (χ4n) is 3.71. The maximum absolute atomic E-state index is 12.6. The van der Waals surface area contributed by atoms with E-state index in [0.717, 1.165) is 24.4 Å². The van der Waals surface area contributed by atoms with Crippen LogP contribution in [-0.4, -0.2) is 50.9 Å². The van der Waals surface area contributed by atoms with Gasteiger partial charge in [0.15, 0.2) is 0 Å². The lowest BCUT2D eigenvalue weighted by molar-refractivity contribution is 0.0711. The second-order valence-corrected chi connectivity index (χ2v) is 7.12. The number of nitrogens with zero attached hydrogens (tertiary/aromatic N) is 4. The van der Waals surface area contributed by atoms with Gasteiger partial charge in [0, 0.05) is 54.8 Å². The second kappa shape index (κ2) is 6.90. The number of piperidine rings is 1. The second-order valence-electron chi connectivity index (χ2n) is 7.12. The molecule has 7 nitrogen and oxygen atoms in total. The van der Waals surface area contributed by atoms with E-state index in [4.69, 9.17) is 0 Å². The molecule has 2 fully saturated rings. The fourth-order valence-corrected chi connectivity index (χ4v) is 3.71. The van der Waals surface area contributed by atoms with Crippen LogP contribution in [-0.2, 0) is 0 Å². The molecule has 1 saturated heterocycles. The van der Waals surface area contributed by atoms with Crippen LogP contribution < -0.4 is 10.5 Å². The molecule has 2 aromatic rings. The molecule has 2 aromatic heterocycles. The standard InChI is InChI=1S/C19H23N5O2/c1-13-10-17(22-12-21-13)24(15-2-3-15)16-5-8-23(9-6-16)19(26)14-4-7-20-18(25)11-14/h4,7,10-12,15-16H,2-3,5-6,8-9H2,1H3,(H,20,25). The Kier molecular flexibility index (Phi) is 4.44. The Labute approximate surface area is 152 Å². The van der Waals surface area contributed by atoms with Crippen molar-refractivity contribution in [3.05, 3.63) is 52.3 Å². The number of amides is 1. The third-order valence-electron chi connectivity index (χ3n) is 5.16. The van der Waals surface area contributed by atoms with Crippen molar-refractivity contribution in [2.75, 3.05) is 18.0 Å². The minimum atomic E-state index is -0.246. The number of hydrogen-bond acceptors (Lipinski definition) is 5. The number of likely N-dealkylation sites (tertiary alicyclic amines) is 1. The number of hydrogen-bond donors (Lipinski definition) is 1. The summed E-state index contributed by atoms with van der Waals surface area (Å²) in [6.45, 7) is 3.38. The van der Waals surface area contributed by atoms with E-state index in [1.165, 1.54) is 25.1 Å². The quantitative estimate of drug-likeness (QED) is 0.905. The summed E-state index contributed by atoms with van der Waals surface area (Å²) in [5.41, 5.74) is 1.19. The van der Waals surface area contributed by atoms with Crippen LogP contribution in [0.5, 0.6) is 0 Å². The highest BCUT2D eigenvalue weighted by Gasteiger charge is 2.37. The predicted molar refractivity (Wildman–Crippen MR) is 98.3 cm³/mol. The molecule has 0 unspecified atom stereocenters. The van der Waals surface area contributed by atoms with Gasteiger partial charge >= 0.3 is 0 Å². The molecule has 0 atom stereocenters. The van der Waals surface area contributed by atoms with E-state index in [1.54, 1.807) is 12.4 Å². The number of H-pyrrole nitrogens is 1. The van der Waals surface area contributed by atoms with E-state index in [2.05, 4.69) is 19.9 Å². The topological polar surface area (TPSA) is 82.2 Å². The van der Waals surface area contributed by atoms with Crippen molar-refractivity contribution in [1.29, 1.82) is 0 Å². The van der Waals surface area contributed by atoms with Crippen LogP contribution in [0.2, 0.25) is 0 Å². The normalized spacial score (nSPS) is 18.0. The molecule has 0 aromatic carbocycles. The van der Waals surface area contributed by atoms with Crippen LogP contribution in [0.3, 0.4) is 0 Å². The summed E-state index contributed by atoms with van der Waals surface area (Å²) in [5.74, 6) is 0.935. The molecular formula is C19H23N5O2. The minimum absolute atomic E-state index is 0.0644. The van der Waals surface area contributed by atoms with Crippen molar-refractivity contribution in [3.63, 3.8) is 0 Å². The molecule has 1 aliphatic heterocycles. The molecule has 1 saturated carbocycles. The molecular weight excluding hydrogens is 330 g/mol. The van der Waals surface area contributed by atoms with E-state index < -0.39 is 0 Å². The zero-order valence-corrected chi connectivity index (χ0v) is 14.9. The average molecular weight is 353 g/mol. The first-order valence-corrected chi connectivity index (χ1v) is 9.17. The first-order valence-electron chi connectivity index (χ1n) is 9.17. The van der Waals surface area contributed by atoms with Crippen LogP contribution in [0.1, 0.15) is 41.7 Å². The van der Waals surface area contributed by atoms with Gasteiger partial charge in [0.2, 0.25) is 5.56 Å². The van der Waals surface area contributed by atoms with Crippen molar-refractivity contribution in [2.24, 2.45) is 0 Å². The van der Waals surface area contributed by atoms with Crippen molar-refractivity contribution in [1.82, 2.24) is 19.9 Å². The van der Waals surface area contributed by atoms with Gasteiger partial charge in [-0.2, -0.15) is 0 Å². The molecule has 3 heterocycles. The Hall–Kier alpha value is -2.70. The highest BCUT2D eigenvalue weighted by atomic mass is 16.2. The van der Waals surface area contributed by atoms with Crippen molar-refractivity contribution < 1.29 is 4.79 Å². The number of rotatable bonds is 4. The zero-order chi connectivity index (χ0) is 18.1. The number of aromatic nitrogens is 3. The van der Waals surface area contributed by atoms with Gasteiger partial charge in [-0.3, -0.25) is 9.59 Å². The van der Waals surface area contributed by atoms with E-state index in [0.29, 0.717) is 30.7 Å². The Bertz CT molecular complexity index is 853. The first-order chi connectivity index (χ1) is 12.6. The third-order valence-corrected chi connectivity index (χ3v) is 5.16. The Balaban J connectivity index is 1.45. The van der Waals surface area contributed by atoms with Gasteiger partial charge in [0.05, 0.1) is 0 Å². The smallest absolute Gasteiger partial charge is 0.254 e. The molecule has 136 valence electrons. The van der Waals surface area contributed by atoms with E-state index in [-0.39, 0.29) is 11.5 Å². The number of nitrogens with one attached hydrogen (secondary N) is 1. The first kappa shape index (κ1) is 16.8. The Morgan fingerprint density at radius 3 is 2.54 bits per heavy atom. The van der Waals surface area contributed by atoms with Crippen LogP contribution in [0.4, 0.5) is 5.82 Å². The van der Waals surface area contributed by atoms with Gasteiger partial charge < -0.3 is 14.8 Å². The molecule has 26 heavy (non-hydrogen) atoms. The molecule has 2 aliphatic rings. The van der Waals surface area contributed by atoms with Crippen molar-refractivity contribution >= 4 is 11.7 Å². The number of pyridine rings is 1. The zero-order valence-electron chi connectivity index (χ0n) is 14.9. The van der Waals surface area contributed by atoms with E-state index >= 15 is 0 Å². The molecule has 4 rings (SSSR count). The summed E-state index contributed by atoms with van der Waals surface area (Å²) in [4.78, 5) is 39.6. The number of aryl methyl sites for hydroxylation is 1. The predicted octanol–water partition coefficient (Wildman–Crippen LogP) is 1.75. The summed E-state index contributed by atoms with van der Waals surface area (Å²) >= 11 is 0. The molecule has 0 spiro atoms. The lowest BCUT2D eigenvalue weighted by Gasteiger charge is -2.39. The van der Waals surface area contributed by atoms with Gasteiger partial charge in [-0.1, -0.05) is 0 Å². The largest absolute Gasteiger partial charge is 0.350 e. The minimum Gasteiger partial charge on any atom is -0.350 e. The SMILES string of the molecule is Cc1cc(N(C2CC2)C2CCN(C(=O)c3cc[nH]c(=O)c3)CC2)ncn1. The van der Waals surface area contributed by atoms with E-state index in [1.807, 2.05) is 17.9 Å². The van der Waals surface area contributed by atoms with Crippen LogP contribution in [0.15, 0.2) is 35.5 Å². The van der Waals surface area contributed by atoms with Gasteiger partial charge in [0.1, 0.15) is 12.1 Å². The number of aromatic amines is 1. The summed E-state index contributed by atoms with van der Waals surface area (Å²) in [7, 11) is 0. The fraction of sp³-hybridized carbons (Fsp3) is 0.474. The summed E-state index contributed by atoms with van der Waals surface area (Å²) < 4.78 is 0. The van der Waals surface area contributed by atoms with Gasteiger partial charge in [0.25, 0.3) is 5.91 Å². The molecule has 1 amide bonds. The van der Waals surface area contributed by atoms with Crippen LogP contribution >= 0.6 is 0 Å². The third kappa shape index (κ3) is 3.47. The summed E-state index contributed by atoms with van der Waals surface area (Å²) in [6.07, 6.45) is 7.38. The summed E-state index contributed by atoms with van der Waals surface area (Å²) in [6, 6.07) is 6.03. The van der Waals surface area contributed by atoms with Crippen LogP contribution in [0, 0.1) is 6.92 Å². The van der Waals surface area contributed by atoms with Gasteiger partial charge in [-0.15, -0.1) is 0 Å². The lowest BCUT2D eigenvalue weighted by atomic mass is 10.0. The molecule has 1 N–H and O–H groups in total. The lowest BCUT2D eigenvalue weighted by Crippen LogP contribution is -2.48. The average Bonchev–Trinajstić information content (AvgIpc) is 3.47. The number of carbonyl (C=O) groups is 1. The highest BCUT2D eigenvalue weighted by molar-refractivity contribution is 5.94. The number of anilines is 1. The monoisotopic (exact) mass is 353 g/mol. The Morgan fingerprint density at radius 2 is 1.88 bits per heavy atom. The maximum atomic E-state index is 12.6. The molecule has 1 aliphatic carbocycles. The molecule has 0 radical (unpaired) electrons. The van der Waals surface area contributed by atoms with Gasteiger partial charge in [-0.25, -0.2) is 9.97 Å². The highest BCUT2D eigenvalue weighted by Crippen LogP contribution is 2.35. The Morgan fingerprint density at radius 1 is 1.15 bits per heavy atom. The summed E-state index contributed by atoms with van der Waals surface area (Å²) in [5, 5.41) is 0. The molecule has 7 heteroatoms. The van der Waals surface area contributed by atoms with Crippen LogP contribution in [0.25, 0.3) is 0 Å². The van der Waals surface area contributed by atoms with E-state index in [9.17, 15) is 9.59 Å². The maximum Gasteiger partial charge on any atom is 0.254 e.